The quantitative estimate of drug-likeness (QED) is 0.557. The third-order valence-corrected chi connectivity index (χ3v) is 2.89. The van der Waals surface area contributed by atoms with Crippen molar-refractivity contribution in [1.82, 2.24) is 10.6 Å². The van der Waals surface area contributed by atoms with Crippen molar-refractivity contribution in [3.8, 4) is 0 Å². The molecule has 2 N–H and O–H groups in total. The Bertz CT molecular complexity index is 351. The van der Waals surface area contributed by atoms with Gasteiger partial charge in [-0.2, -0.15) is 0 Å². The molecule has 0 saturated carbocycles. The van der Waals surface area contributed by atoms with E-state index in [1.807, 2.05) is 13.0 Å². The maximum Gasteiger partial charge on any atom is 0.328 e. The Kier molecular flexibility index (Phi) is 3.47. The van der Waals surface area contributed by atoms with Gasteiger partial charge in [0.05, 0.1) is 0 Å². The summed E-state index contributed by atoms with van der Waals surface area (Å²) in [6.07, 6.45) is 3.60. The predicted molar refractivity (Wildman–Crippen MR) is 58.5 cm³/mol. The van der Waals surface area contributed by atoms with Crippen molar-refractivity contribution in [3.63, 3.8) is 0 Å². The monoisotopic (exact) mass is 224 g/mol. The van der Waals surface area contributed by atoms with Crippen LogP contribution in [-0.4, -0.2) is 17.8 Å². The lowest BCUT2D eigenvalue weighted by atomic mass is 9.79. The van der Waals surface area contributed by atoms with Crippen molar-refractivity contribution in [3.05, 3.63) is 11.6 Å². The molecule has 1 heterocycles. The molecule has 5 nitrogen and oxygen atoms in total. The molecule has 1 rings (SSSR count). The summed E-state index contributed by atoms with van der Waals surface area (Å²) in [4.78, 5) is 34.3. The van der Waals surface area contributed by atoms with E-state index in [0.717, 1.165) is 12.8 Å². The molecule has 5 heteroatoms. The van der Waals surface area contributed by atoms with Gasteiger partial charge in [0.25, 0.3) is 0 Å². The molecular weight excluding hydrogens is 208 g/mol. The number of rotatable bonds is 3. The number of hydrogen-bond acceptors (Lipinski definition) is 3. The largest absolute Gasteiger partial charge is 0.328 e. The molecule has 0 unspecified atom stereocenters. The summed E-state index contributed by atoms with van der Waals surface area (Å²) in [5.41, 5.74) is -0.611. The summed E-state index contributed by atoms with van der Waals surface area (Å²) >= 11 is 0. The van der Waals surface area contributed by atoms with Crippen LogP contribution in [0, 0.1) is 5.41 Å². The van der Waals surface area contributed by atoms with Crippen LogP contribution < -0.4 is 10.6 Å². The standard InChI is InChI=1S/C11H16N2O3/c1-4-5-6-7(2)11(3)8(14)12-10(16)13-9(11)15/h6H,4-5H2,1-3H3,(H2,12,13,14,15,16)/b7-6-. The van der Waals surface area contributed by atoms with E-state index in [1.165, 1.54) is 6.92 Å². The Morgan fingerprint density at radius 2 is 1.75 bits per heavy atom. The van der Waals surface area contributed by atoms with Crippen molar-refractivity contribution in [2.75, 3.05) is 0 Å². The van der Waals surface area contributed by atoms with Crippen LogP contribution >= 0.6 is 0 Å². The van der Waals surface area contributed by atoms with E-state index in [1.54, 1.807) is 6.92 Å². The number of unbranched alkanes of at least 4 members (excludes halogenated alkanes) is 1. The lowest BCUT2D eigenvalue weighted by Gasteiger charge is -2.31. The molecule has 1 saturated heterocycles. The van der Waals surface area contributed by atoms with Crippen molar-refractivity contribution in [2.45, 2.75) is 33.6 Å². The van der Waals surface area contributed by atoms with Crippen LogP contribution in [0.2, 0.25) is 0 Å². The second kappa shape index (κ2) is 4.47. The SMILES string of the molecule is CCC/C=C(/C)C1(C)C(=O)NC(=O)NC1=O. The fourth-order valence-corrected chi connectivity index (χ4v) is 1.51. The van der Waals surface area contributed by atoms with E-state index in [9.17, 15) is 14.4 Å². The van der Waals surface area contributed by atoms with E-state index >= 15 is 0 Å². The van der Waals surface area contributed by atoms with Gasteiger partial charge in [0.15, 0.2) is 0 Å². The molecule has 0 radical (unpaired) electrons. The number of amides is 4. The lowest BCUT2D eigenvalue weighted by Crippen LogP contribution is -2.61. The highest BCUT2D eigenvalue weighted by Gasteiger charge is 2.47. The smallest absolute Gasteiger partial charge is 0.277 e. The first kappa shape index (κ1) is 12.4. The van der Waals surface area contributed by atoms with E-state index in [2.05, 4.69) is 10.6 Å². The fourth-order valence-electron chi connectivity index (χ4n) is 1.51. The molecular formula is C11H16N2O3. The molecule has 4 amide bonds. The van der Waals surface area contributed by atoms with Crippen LogP contribution in [0.1, 0.15) is 33.6 Å². The molecule has 0 atom stereocenters. The van der Waals surface area contributed by atoms with Gasteiger partial charge >= 0.3 is 6.03 Å². The van der Waals surface area contributed by atoms with E-state index in [4.69, 9.17) is 0 Å². The van der Waals surface area contributed by atoms with Crippen molar-refractivity contribution in [2.24, 2.45) is 5.41 Å². The third kappa shape index (κ3) is 1.98. The Labute approximate surface area is 94.3 Å². The molecule has 0 aromatic heterocycles. The highest BCUT2D eigenvalue weighted by atomic mass is 16.2. The average Bonchev–Trinajstić information content (AvgIpc) is 2.22. The number of urea groups is 1. The van der Waals surface area contributed by atoms with Crippen LogP contribution in [-0.2, 0) is 9.59 Å². The van der Waals surface area contributed by atoms with E-state index < -0.39 is 23.3 Å². The highest BCUT2D eigenvalue weighted by molar-refractivity contribution is 6.20. The molecule has 0 aromatic rings. The first-order valence-corrected chi connectivity index (χ1v) is 5.27. The summed E-state index contributed by atoms with van der Waals surface area (Å²) in [6.45, 7) is 5.26. The van der Waals surface area contributed by atoms with Gasteiger partial charge in [0.2, 0.25) is 11.8 Å². The van der Waals surface area contributed by atoms with Gasteiger partial charge < -0.3 is 0 Å². The van der Waals surface area contributed by atoms with E-state index in [-0.39, 0.29) is 0 Å². The summed E-state index contributed by atoms with van der Waals surface area (Å²) in [5, 5.41) is 4.21. The Balaban J connectivity index is 3.02. The van der Waals surface area contributed by atoms with Crippen molar-refractivity contribution >= 4 is 17.8 Å². The normalized spacial score (nSPS) is 20.4. The van der Waals surface area contributed by atoms with Gasteiger partial charge in [-0.25, -0.2) is 4.79 Å². The Morgan fingerprint density at radius 3 is 2.19 bits per heavy atom. The van der Waals surface area contributed by atoms with E-state index in [0.29, 0.717) is 5.57 Å². The predicted octanol–water partition coefficient (Wildman–Crippen LogP) is 1.11. The van der Waals surface area contributed by atoms with Crippen LogP contribution in [0.15, 0.2) is 11.6 Å². The van der Waals surface area contributed by atoms with Gasteiger partial charge in [-0.15, -0.1) is 0 Å². The van der Waals surface area contributed by atoms with Gasteiger partial charge in [0, 0.05) is 0 Å². The second-order valence-corrected chi connectivity index (χ2v) is 4.04. The number of barbiturate groups is 1. The summed E-state index contributed by atoms with van der Waals surface area (Å²) in [5.74, 6) is -1.13. The molecule has 88 valence electrons. The minimum absolute atomic E-state index is 0.564. The van der Waals surface area contributed by atoms with Gasteiger partial charge in [-0.1, -0.05) is 25.0 Å². The van der Waals surface area contributed by atoms with Gasteiger partial charge in [-0.3, -0.25) is 20.2 Å². The van der Waals surface area contributed by atoms with Gasteiger partial charge in [-0.05, 0) is 20.3 Å². The third-order valence-electron chi connectivity index (χ3n) is 2.89. The maximum absolute atomic E-state index is 11.7. The highest BCUT2D eigenvalue weighted by Crippen LogP contribution is 2.29. The Hall–Kier alpha value is -1.65. The lowest BCUT2D eigenvalue weighted by molar-refractivity contribution is -0.140. The van der Waals surface area contributed by atoms with Crippen LogP contribution in [0.4, 0.5) is 4.79 Å². The molecule has 0 spiro atoms. The van der Waals surface area contributed by atoms with Crippen LogP contribution in [0.25, 0.3) is 0 Å². The zero-order valence-corrected chi connectivity index (χ0v) is 9.72. The maximum atomic E-state index is 11.7. The summed E-state index contributed by atoms with van der Waals surface area (Å²) in [7, 11) is 0. The molecule has 0 aliphatic carbocycles. The molecule has 0 bridgehead atoms. The molecule has 1 aliphatic heterocycles. The number of hydrogen-bond donors (Lipinski definition) is 2. The van der Waals surface area contributed by atoms with Gasteiger partial charge in [0.1, 0.15) is 5.41 Å². The van der Waals surface area contributed by atoms with Crippen LogP contribution in [0.5, 0.6) is 0 Å². The number of nitrogens with one attached hydrogen (secondary N) is 2. The summed E-state index contributed by atoms with van der Waals surface area (Å²) < 4.78 is 0. The average molecular weight is 224 g/mol. The second-order valence-electron chi connectivity index (χ2n) is 4.04. The topological polar surface area (TPSA) is 75.3 Å². The molecule has 16 heavy (non-hydrogen) atoms. The number of carbonyl (C=O) groups is 3. The first-order valence-electron chi connectivity index (χ1n) is 5.27. The van der Waals surface area contributed by atoms with Crippen LogP contribution in [0.3, 0.4) is 0 Å². The number of carbonyl (C=O) groups excluding carboxylic acids is 3. The Morgan fingerprint density at radius 1 is 1.25 bits per heavy atom. The summed E-state index contributed by atoms with van der Waals surface area (Å²) in [6, 6.07) is -0.754. The first-order chi connectivity index (χ1) is 7.42. The molecule has 1 fully saturated rings. The minimum atomic E-state index is -1.27. The zero-order valence-electron chi connectivity index (χ0n) is 9.72. The molecule has 1 aliphatic rings. The number of allylic oxidation sites excluding steroid dienone is 1. The van der Waals surface area contributed by atoms with Crippen molar-refractivity contribution in [1.29, 1.82) is 0 Å². The number of imide groups is 2. The molecule has 0 aromatic carbocycles. The minimum Gasteiger partial charge on any atom is -0.277 e. The fraction of sp³-hybridized carbons (Fsp3) is 0.545. The van der Waals surface area contributed by atoms with Crippen molar-refractivity contribution < 1.29 is 14.4 Å². The zero-order chi connectivity index (χ0) is 12.3.